The molecule has 0 amide bonds. The number of hydrogen-bond donors (Lipinski definition) is 1. The highest BCUT2D eigenvalue weighted by Gasteiger charge is 2.04. The van der Waals surface area contributed by atoms with Crippen molar-refractivity contribution in [1.82, 2.24) is 9.55 Å². The Morgan fingerprint density at radius 1 is 1.36 bits per heavy atom. The van der Waals surface area contributed by atoms with Crippen molar-refractivity contribution in [2.75, 3.05) is 5.73 Å². The highest BCUT2D eigenvalue weighted by atomic mass is 15.1. The zero-order valence-corrected chi connectivity index (χ0v) is 8.36. The van der Waals surface area contributed by atoms with Gasteiger partial charge in [0.1, 0.15) is 11.6 Å². The van der Waals surface area contributed by atoms with Crippen LogP contribution >= 0.6 is 0 Å². The van der Waals surface area contributed by atoms with Crippen LogP contribution in [-0.4, -0.2) is 9.55 Å². The molecule has 0 aliphatic carbocycles. The van der Waals surface area contributed by atoms with Crippen molar-refractivity contribution in [2.24, 2.45) is 7.05 Å². The van der Waals surface area contributed by atoms with Crippen LogP contribution in [0.4, 0.5) is 5.82 Å². The normalized spacial score (nSPS) is 10.4. The minimum Gasteiger partial charge on any atom is -0.382 e. The highest BCUT2D eigenvalue weighted by molar-refractivity contribution is 5.58. The number of imidazole rings is 1. The largest absolute Gasteiger partial charge is 0.382 e. The average molecular weight is 187 g/mol. The standard InChI is InChI=1S/C11H13N3/c1-8-4-3-5-9(6-8)11-13-10(12)7-14(11)2/h3-7H,12H2,1-2H3. The zero-order chi connectivity index (χ0) is 10.1. The molecule has 0 unspecified atom stereocenters. The van der Waals surface area contributed by atoms with Crippen LogP contribution in [0.3, 0.4) is 0 Å². The number of rotatable bonds is 1. The molecule has 0 aliphatic rings. The van der Waals surface area contributed by atoms with Gasteiger partial charge in [-0.3, -0.25) is 0 Å². The Hall–Kier alpha value is -1.77. The molecule has 1 aromatic heterocycles. The second-order valence-electron chi connectivity index (χ2n) is 3.47. The van der Waals surface area contributed by atoms with Crippen LogP contribution in [0.25, 0.3) is 11.4 Å². The summed E-state index contributed by atoms with van der Waals surface area (Å²) in [5.74, 6) is 1.47. The Labute approximate surface area is 83.2 Å². The number of aryl methyl sites for hydroxylation is 2. The third-order valence-electron chi connectivity index (χ3n) is 2.17. The molecule has 2 N–H and O–H groups in total. The minimum absolute atomic E-state index is 0.559. The van der Waals surface area contributed by atoms with Crippen LogP contribution in [0.2, 0.25) is 0 Å². The van der Waals surface area contributed by atoms with E-state index < -0.39 is 0 Å². The van der Waals surface area contributed by atoms with Gasteiger partial charge in [0, 0.05) is 18.8 Å². The third kappa shape index (κ3) is 1.48. The molecule has 0 fully saturated rings. The van der Waals surface area contributed by atoms with Crippen LogP contribution in [0, 0.1) is 6.92 Å². The Kier molecular flexibility index (Phi) is 2.00. The summed E-state index contributed by atoms with van der Waals surface area (Å²) in [6.45, 7) is 2.07. The van der Waals surface area contributed by atoms with Crippen molar-refractivity contribution in [3.8, 4) is 11.4 Å². The van der Waals surface area contributed by atoms with Crippen molar-refractivity contribution in [2.45, 2.75) is 6.92 Å². The quantitative estimate of drug-likeness (QED) is 0.741. The lowest BCUT2D eigenvalue weighted by atomic mass is 10.1. The van der Waals surface area contributed by atoms with E-state index in [0.717, 1.165) is 11.4 Å². The molecule has 2 rings (SSSR count). The van der Waals surface area contributed by atoms with Crippen LogP contribution in [0.15, 0.2) is 30.5 Å². The molecule has 0 spiro atoms. The summed E-state index contributed by atoms with van der Waals surface area (Å²) < 4.78 is 1.93. The number of nitrogens with two attached hydrogens (primary N) is 1. The molecule has 1 heterocycles. The van der Waals surface area contributed by atoms with E-state index in [1.54, 1.807) is 0 Å². The van der Waals surface area contributed by atoms with E-state index in [0.29, 0.717) is 5.82 Å². The Morgan fingerprint density at radius 3 is 2.71 bits per heavy atom. The number of aromatic nitrogens is 2. The van der Waals surface area contributed by atoms with Crippen molar-refractivity contribution in [3.63, 3.8) is 0 Å². The molecule has 0 saturated heterocycles. The van der Waals surface area contributed by atoms with E-state index in [-0.39, 0.29) is 0 Å². The summed E-state index contributed by atoms with van der Waals surface area (Å²) in [7, 11) is 1.95. The fourth-order valence-electron chi connectivity index (χ4n) is 1.54. The molecule has 3 nitrogen and oxygen atoms in total. The number of benzene rings is 1. The first-order valence-corrected chi connectivity index (χ1v) is 4.52. The van der Waals surface area contributed by atoms with Gasteiger partial charge in [0.15, 0.2) is 0 Å². The summed E-state index contributed by atoms with van der Waals surface area (Å²) >= 11 is 0. The summed E-state index contributed by atoms with van der Waals surface area (Å²) in [5.41, 5.74) is 7.95. The maximum Gasteiger partial charge on any atom is 0.142 e. The van der Waals surface area contributed by atoms with Crippen molar-refractivity contribution in [3.05, 3.63) is 36.0 Å². The zero-order valence-electron chi connectivity index (χ0n) is 8.36. The Balaban J connectivity index is 2.54. The Morgan fingerprint density at radius 2 is 2.14 bits per heavy atom. The van der Waals surface area contributed by atoms with E-state index in [1.165, 1.54) is 5.56 Å². The summed E-state index contributed by atoms with van der Waals surface area (Å²) in [5, 5.41) is 0. The maximum atomic E-state index is 5.62. The molecule has 0 saturated carbocycles. The van der Waals surface area contributed by atoms with Gasteiger partial charge in [-0.15, -0.1) is 0 Å². The van der Waals surface area contributed by atoms with Gasteiger partial charge in [-0.05, 0) is 13.0 Å². The van der Waals surface area contributed by atoms with Crippen molar-refractivity contribution in [1.29, 1.82) is 0 Å². The molecule has 14 heavy (non-hydrogen) atoms. The smallest absolute Gasteiger partial charge is 0.142 e. The molecule has 0 atom stereocenters. The predicted octanol–water partition coefficient (Wildman–Crippen LogP) is 1.98. The second kappa shape index (κ2) is 3.18. The van der Waals surface area contributed by atoms with Gasteiger partial charge < -0.3 is 10.3 Å². The maximum absolute atomic E-state index is 5.62. The van der Waals surface area contributed by atoms with Crippen LogP contribution in [0.1, 0.15) is 5.56 Å². The second-order valence-corrected chi connectivity index (χ2v) is 3.47. The number of nitrogen functional groups attached to an aromatic ring is 1. The van der Waals surface area contributed by atoms with Crippen LogP contribution < -0.4 is 5.73 Å². The fourth-order valence-corrected chi connectivity index (χ4v) is 1.54. The van der Waals surface area contributed by atoms with Crippen molar-refractivity contribution >= 4 is 5.82 Å². The Bertz CT molecular complexity index is 457. The van der Waals surface area contributed by atoms with Gasteiger partial charge >= 0.3 is 0 Å². The first-order chi connectivity index (χ1) is 6.66. The van der Waals surface area contributed by atoms with Crippen LogP contribution in [0.5, 0.6) is 0 Å². The lowest BCUT2D eigenvalue weighted by Crippen LogP contribution is -1.91. The summed E-state index contributed by atoms with van der Waals surface area (Å²) in [6.07, 6.45) is 1.82. The van der Waals surface area contributed by atoms with Gasteiger partial charge in [0.25, 0.3) is 0 Å². The molecule has 72 valence electrons. The molecule has 0 bridgehead atoms. The molecule has 0 aliphatic heterocycles. The molecule has 2 aromatic rings. The lowest BCUT2D eigenvalue weighted by molar-refractivity contribution is 0.925. The van der Waals surface area contributed by atoms with E-state index in [2.05, 4.69) is 24.0 Å². The van der Waals surface area contributed by atoms with Gasteiger partial charge in [0.05, 0.1) is 0 Å². The fraction of sp³-hybridized carbons (Fsp3) is 0.182. The monoisotopic (exact) mass is 187 g/mol. The number of anilines is 1. The molecule has 0 radical (unpaired) electrons. The minimum atomic E-state index is 0.559. The highest BCUT2D eigenvalue weighted by Crippen LogP contribution is 2.19. The summed E-state index contributed by atoms with van der Waals surface area (Å²) in [6, 6.07) is 8.22. The summed E-state index contributed by atoms with van der Waals surface area (Å²) in [4.78, 5) is 4.26. The van der Waals surface area contributed by atoms with Gasteiger partial charge in [-0.25, -0.2) is 4.98 Å². The average Bonchev–Trinajstić information content (AvgIpc) is 2.45. The van der Waals surface area contributed by atoms with E-state index in [1.807, 2.05) is 29.9 Å². The van der Waals surface area contributed by atoms with Gasteiger partial charge in [-0.1, -0.05) is 23.8 Å². The molecule has 3 heteroatoms. The van der Waals surface area contributed by atoms with Gasteiger partial charge in [-0.2, -0.15) is 0 Å². The SMILES string of the molecule is Cc1cccc(-c2nc(N)cn2C)c1. The number of nitrogens with zero attached hydrogens (tertiary/aromatic N) is 2. The van der Waals surface area contributed by atoms with Crippen molar-refractivity contribution < 1.29 is 0 Å². The number of hydrogen-bond acceptors (Lipinski definition) is 2. The predicted molar refractivity (Wildman–Crippen MR) is 57.8 cm³/mol. The lowest BCUT2D eigenvalue weighted by Gasteiger charge is -2.01. The van der Waals surface area contributed by atoms with E-state index >= 15 is 0 Å². The van der Waals surface area contributed by atoms with Gasteiger partial charge in [0.2, 0.25) is 0 Å². The van der Waals surface area contributed by atoms with E-state index in [4.69, 9.17) is 5.73 Å². The molecular weight excluding hydrogens is 174 g/mol. The molecular formula is C11H13N3. The van der Waals surface area contributed by atoms with E-state index in [9.17, 15) is 0 Å². The molecule has 1 aromatic carbocycles. The first kappa shape index (κ1) is 8.81. The first-order valence-electron chi connectivity index (χ1n) is 4.52. The van der Waals surface area contributed by atoms with Crippen LogP contribution in [-0.2, 0) is 7.05 Å². The topological polar surface area (TPSA) is 43.8 Å². The third-order valence-corrected chi connectivity index (χ3v) is 2.17.